The molecule has 7 nitrogen and oxygen atoms in total. The third kappa shape index (κ3) is 11.7. The molecule has 388 valence electrons. The Morgan fingerprint density at radius 1 is 0.545 bits per heavy atom. The van der Waals surface area contributed by atoms with Gasteiger partial charge in [-0.05, 0) is 128 Å². The van der Waals surface area contributed by atoms with Crippen molar-refractivity contribution >= 4 is 18.1 Å². The monoisotopic (exact) mass is 1190 g/mol. The maximum atomic E-state index is 4.77. The first-order valence-electron chi connectivity index (χ1n) is 27.2. The van der Waals surface area contributed by atoms with Crippen LogP contribution in [0.3, 0.4) is 0 Å². The van der Waals surface area contributed by atoms with Gasteiger partial charge in [0.15, 0.2) is 0 Å². The Hall–Kier alpha value is -7.32. The van der Waals surface area contributed by atoms with Crippen LogP contribution in [0.5, 0.6) is 0 Å². The normalized spacial score (nSPS) is 13.0. The van der Waals surface area contributed by atoms with Crippen molar-refractivity contribution in [3.05, 3.63) is 234 Å². The molecule has 12 rings (SSSR count). The molecule has 77 heavy (non-hydrogen) atoms. The Morgan fingerprint density at radius 3 is 1.78 bits per heavy atom. The number of aryl methyl sites for hydroxylation is 4. The molecule has 2 aliphatic rings. The number of para-hydroxylation sites is 1. The molecule has 4 heterocycles. The van der Waals surface area contributed by atoms with Gasteiger partial charge in [-0.1, -0.05) is 164 Å². The summed E-state index contributed by atoms with van der Waals surface area (Å²) in [5.41, 5.74) is 22.9. The fourth-order valence-corrected chi connectivity index (χ4v) is 11.6. The van der Waals surface area contributed by atoms with Crippen LogP contribution in [0.25, 0.3) is 56.1 Å². The van der Waals surface area contributed by atoms with Crippen molar-refractivity contribution in [3.8, 4) is 56.1 Å². The van der Waals surface area contributed by atoms with E-state index in [1.165, 1.54) is 116 Å². The van der Waals surface area contributed by atoms with Gasteiger partial charge in [0, 0.05) is 43.0 Å². The van der Waals surface area contributed by atoms with Crippen LogP contribution >= 0.6 is 0 Å². The fourth-order valence-electron chi connectivity index (χ4n) is 11.6. The van der Waals surface area contributed by atoms with Gasteiger partial charge < -0.3 is 9.29 Å². The van der Waals surface area contributed by atoms with Crippen LogP contribution in [0.1, 0.15) is 116 Å². The van der Waals surface area contributed by atoms with Crippen molar-refractivity contribution in [1.29, 1.82) is 0 Å². The largest absolute Gasteiger partial charge is 3.00 e. The van der Waals surface area contributed by atoms with Crippen molar-refractivity contribution in [2.45, 2.75) is 105 Å². The van der Waals surface area contributed by atoms with Gasteiger partial charge in [0.05, 0.1) is 0 Å². The van der Waals surface area contributed by atoms with Crippen molar-refractivity contribution in [3.63, 3.8) is 0 Å². The van der Waals surface area contributed by atoms with Crippen molar-refractivity contribution in [1.82, 2.24) is 29.0 Å². The number of anilines is 1. The molecule has 0 saturated heterocycles. The van der Waals surface area contributed by atoms with E-state index in [-0.39, 0.29) is 27.1 Å². The van der Waals surface area contributed by atoms with E-state index >= 15 is 0 Å². The number of hydrogen-bond acceptors (Lipinski definition) is 4. The fraction of sp³-hybridized carbons (Fsp3) is 0.250. The zero-order valence-corrected chi connectivity index (χ0v) is 48.4. The molecule has 7 aromatic carbocycles. The summed E-state index contributed by atoms with van der Waals surface area (Å²) in [6.07, 6.45) is 18.2. The van der Waals surface area contributed by atoms with E-state index in [2.05, 4.69) is 203 Å². The van der Waals surface area contributed by atoms with E-state index in [9.17, 15) is 0 Å². The summed E-state index contributed by atoms with van der Waals surface area (Å²) in [6.45, 7) is 18.1. The molecule has 1 fully saturated rings. The second-order valence-electron chi connectivity index (χ2n) is 21.3. The molecular formula is C68H69BIrN7. The Kier molecular flexibility index (Phi) is 17.2. The van der Waals surface area contributed by atoms with Crippen molar-refractivity contribution in [2.24, 2.45) is 0 Å². The summed E-state index contributed by atoms with van der Waals surface area (Å²) in [5, 5.41) is 8.38. The minimum absolute atomic E-state index is 0. The summed E-state index contributed by atoms with van der Waals surface area (Å²) in [6, 6.07) is 59.4. The third-order valence-electron chi connectivity index (χ3n) is 15.4. The maximum absolute atomic E-state index is 4.77. The van der Waals surface area contributed by atoms with E-state index in [0.29, 0.717) is 11.8 Å². The van der Waals surface area contributed by atoms with E-state index in [1.54, 1.807) is 17.1 Å². The second-order valence-corrected chi connectivity index (χ2v) is 21.3. The number of imidazole rings is 1. The topological polar surface area (TPSA) is 56.7 Å². The molecule has 0 spiro atoms. The third-order valence-corrected chi connectivity index (χ3v) is 15.4. The Bertz CT molecular complexity index is 3470. The second kappa shape index (κ2) is 24.3. The Labute approximate surface area is 471 Å². The van der Waals surface area contributed by atoms with E-state index in [4.69, 9.17) is 4.98 Å². The molecule has 0 N–H and O–H groups in total. The van der Waals surface area contributed by atoms with Gasteiger partial charge in [-0.3, -0.25) is 14.3 Å². The van der Waals surface area contributed by atoms with E-state index < -0.39 is 0 Å². The summed E-state index contributed by atoms with van der Waals surface area (Å²) in [5.74, 6) is 2.70. The molecule has 0 unspecified atom stereocenters. The summed E-state index contributed by atoms with van der Waals surface area (Å²) >= 11 is 0. The van der Waals surface area contributed by atoms with Crippen LogP contribution in [-0.2, 0) is 20.1 Å². The minimum Gasteiger partial charge on any atom is -0.436 e. The van der Waals surface area contributed by atoms with Crippen LogP contribution in [0.15, 0.2) is 177 Å². The molecule has 1 aliphatic carbocycles. The first-order chi connectivity index (χ1) is 36.9. The van der Waals surface area contributed by atoms with Gasteiger partial charge >= 0.3 is 27.1 Å². The number of fused-ring (bicyclic) bond motifs is 3. The average molecular weight is 1190 g/mol. The molecule has 0 bridgehead atoms. The quantitative estimate of drug-likeness (QED) is 0.107. The molecule has 1 aliphatic heterocycles. The summed E-state index contributed by atoms with van der Waals surface area (Å²) < 4.78 is 5.91. The molecule has 0 atom stereocenters. The molecule has 1 saturated carbocycles. The zero-order chi connectivity index (χ0) is 52.9. The standard InChI is InChI=1S/C32H35BN3.C27H27N2.C9H7N2.Ir/c1-21-10-9-11-22(2)31(21)33-35(5)29-20-26(14-15-28(29)32-34-16-17-36(32)33)30-23(3)18-27(19-24(30)4)25-12-7-6-8-13-25;1-19(2)25-10-6-11-26(20(3)4)27(25)22-14-12-21(13-15-22)23-8-5-9-24(18-23)29-17-7-16-28-29;1-2-5-9(6-3-1)11-8-4-7-10-11;/h9-11,14,16-20,25H,6-8,12-13H2,1-5H3;5-8,10-20H,1-4H3;1-5,7-8H;/q3*-1;+3. The molecule has 3 aromatic heterocycles. The predicted molar refractivity (Wildman–Crippen MR) is 316 cm³/mol. The minimum atomic E-state index is 0. The van der Waals surface area contributed by atoms with Crippen LogP contribution in [-0.4, -0.2) is 43.1 Å². The van der Waals surface area contributed by atoms with Gasteiger partial charge in [-0.2, -0.15) is 52.7 Å². The first-order valence-corrected chi connectivity index (χ1v) is 27.2. The van der Waals surface area contributed by atoms with Gasteiger partial charge in [-0.25, -0.2) is 0 Å². The van der Waals surface area contributed by atoms with Crippen LogP contribution in [0.4, 0.5) is 5.69 Å². The maximum Gasteiger partial charge on any atom is 3.00 e. The van der Waals surface area contributed by atoms with Gasteiger partial charge in [0.2, 0.25) is 0 Å². The van der Waals surface area contributed by atoms with E-state index in [1.807, 2.05) is 65.7 Å². The van der Waals surface area contributed by atoms with Crippen molar-refractivity contribution in [2.75, 3.05) is 11.9 Å². The number of benzene rings is 7. The van der Waals surface area contributed by atoms with Gasteiger partial charge in [0.25, 0.3) is 0 Å². The zero-order valence-electron chi connectivity index (χ0n) is 46.1. The summed E-state index contributed by atoms with van der Waals surface area (Å²) in [7, 11) is 2.21. The number of rotatable bonds is 9. The predicted octanol–water partition coefficient (Wildman–Crippen LogP) is 15.9. The molecule has 0 radical (unpaired) electrons. The van der Waals surface area contributed by atoms with Crippen LogP contribution in [0, 0.1) is 45.9 Å². The van der Waals surface area contributed by atoms with Gasteiger partial charge in [-0.15, -0.1) is 35.9 Å². The van der Waals surface area contributed by atoms with Crippen LogP contribution in [0.2, 0.25) is 0 Å². The molecule has 9 heteroatoms. The summed E-state index contributed by atoms with van der Waals surface area (Å²) in [4.78, 5) is 7.18. The molecule has 0 amide bonds. The van der Waals surface area contributed by atoms with Crippen molar-refractivity contribution < 1.29 is 20.1 Å². The number of nitrogens with zero attached hydrogens (tertiary/aromatic N) is 7. The van der Waals surface area contributed by atoms with E-state index in [0.717, 1.165) is 28.7 Å². The Balaban J connectivity index is 0.000000157. The average Bonchev–Trinajstić information content (AvgIpc) is 4.31. The molecular weight excluding hydrogens is 1120 g/mol. The first kappa shape index (κ1) is 54.5. The smallest absolute Gasteiger partial charge is 0.436 e. The number of hydrogen-bond donors (Lipinski definition) is 0. The van der Waals surface area contributed by atoms with Gasteiger partial charge in [0.1, 0.15) is 0 Å². The van der Waals surface area contributed by atoms with Crippen LogP contribution < -0.4 is 10.3 Å². The molecule has 10 aromatic rings. The SMILES string of the molecule is CC(C)c1cccc(C(C)C)c1-c1ccc(-c2cc[c-]c(-n3cccn3)c2)cc1.Cc1cccc(C)c1B1N(C)c2cc(-c3c(C)cc(C4CCCCC4)cc3C)c[c-]c2-c2nccn21.[Ir+3].[c-]1ccccc1-n1cccn1. The number of aromatic nitrogens is 6. The Morgan fingerprint density at radius 2 is 1.17 bits per heavy atom.